The van der Waals surface area contributed by atoms with Crippen LogP contribution in [0.15, 0.2) is 85.3 Å². The lowest BCUT2D eigenvalue weighted by atomic mass is 9.98. The molecule has 0 bridgehead atoms. The molecule has 13 heteroatoms. The second kappa shape index (κ2) is 10.8. The van der Waals surface area contributed by atoms with E-state index in [1.807, 2.05) is 0 Å². The summed E-state index contributed by atoms with van der Waals surface area (Å²) in [7, 11) is 0. The van der Waals surface area contributed by atoms with Crippen molar-refractivity contribution in [3.8, 4) is 22.6 Å². The van der Waals surface area contributed by atoms with Crippen LogP contribution in [0.3, 0.4) is 0 Å². The maximum absolute atomic E-state index is 13.8. The van der Waals surface area contributed by atoms with Gasteiger partial charge in [0.05, 0.1) is 34.0 Å². The summed E-state index contributed by atoms with van der Waals surface area (Å²) >= 11 is 6.23. The first-order valence-electron chi connectivity index (χ1n) is 11.8. The Morgan fingerprint density at radius 1 is 0.805 bits per heavy atom. The first kappa shape index (κ1) is 28.0. The molecule has 0 fully saturated rings. The van der Waals surface area contributed by atoms with E-state index in [9.17, 15) is 31.1 Å². The quantitative estimate of drug-likeness (QED) is 0.153. The monoisotopic (exact) mass is 587 g/mol. The number of nitrogens with zero attached hydrogens (tertiary/aromatic N) is 5. The van der Waals surface area contributed by atoms with Gasteiger partial charge in [-0.3, -0.25) is 14.8 Å². The van der Waals surface area contributed by atoms with Gasteiger partial charge in [-0.1, -0.05) is 28.9 Å². The van der Waals surface area contributed by atoms with Crippen molar-refractivity contribution in [1.29, 1.82) is 0 Å². The second-order valence-electron chi connectivity index (χ2n) is 8.76. The number of halogens is 7. The normalized spacial score (nSPS) is 12.0. The molecule has 0 saturated carbocycles. The Hall–Kier alpha value is -4.58. The predicted octanol–water partition coefficient (Wildman–Crippen LogP) is 7.37. The average molecular weight is 588 g/mol. The van der Waals surface area contributed by atoms with Gasteiger partial charge in [0.15, 0.2) is 5.78 Å². The molecule has 3 heterocycles. The van der Waals surface area contributed by atoms with E-state index in [-0.39, 0.29) is 33.2 Å². The lowest BCUT2D eigenvalue weighted by Crippen LogP contribution is -2.15. The van der Waals surface area contributed by atoms with E-state index in [4.69, 9.17) is 11.6 Å². The van der Waals surface area contributed by atoms with Crippen LogP contribution in [-0.2, 0) is 18.9 Å². The summed E-state index contributed by atoms with van der Waals surface area (Å²) in [5, 5.41) is 8.30. The Morgan fingerprint density at radius 2 is 1.51 bits per heavy atom. The van der Waals surface area contributed by atoms with Crippen molar-refractivity contribution in [2.24, 2.45) is 0 Å². The minimum atomic E-state index is -4.94. The first-order valence-corrected chi connectivity index (χ1v) is 12.2. The van der Waals surface area contributed by atoms with Crippen LogP contribution in [0.4, 0.5) is 26.3 Å². The fraction of sp³-hybridized carbons (Fsp3) is 0.107. The molecule has 0 radical (unpaired) electrons. The Morgan fingerprint density at radius 3 is 2.20 bits per heavy atom. The fourth-order valence-electron chi connectivity index (χ4n) is 4.29. The molecule has 6 nitrogen and oxygen atoms in total. The summed E-state index contributed by atoms with van der Waals surface area (Å²) in [6, 6.07) is 13.6. The molecule has 0 aliphatic rings. The molecule has 0 spiro atoms. The van der Waals surface area contributed by atoms with Crippen molar-refractivity contribution in [1.82, 2.24) is 25.0 Å². The van der Waals surface area contributed by atoms with E-state index in [2.05, 4.69) is 20.3 Å². The standard InChI is InChI=1S/C28H16ClF6N5O/c29-22-6-2-1-4-19(22)26(41)20-5-3-11-37-23(20)24-25(16-9-12-36-13-10-16)40(39-38-24)15-17-14-18(27(30,31)32)7-8-21(17)28(33,34)35/h1-14H,15H2. The Balaban J connectivity index is 1.69. The van der Waals surface area contributed by atoms with Crippen LogP contribution in [-0.4, -0.2) is 30.7 Å². The van der Waals surface area contributed by atoms with Crippen LogP contribution in [0.5, 0.6) is 0 Å². The van der Waals surface area contributed by atoms with Gasteiger partial charge >= 0.3 is 12.4 Å². The van der Waals surface area contributed by atoms with Crippen LogP contribution >= 0.6 is 11.6 Å². The lowest BCUT2D eigenvalue weighted by Gasteiger charge is -2.17. The largest absolute Gasteiger partial charge is 0.416 e. The number of rotatable bonds is 6. The van der Waals surface area contributed by atoms with Gasteiger partial charge in [0.25, 0.3) is 0 Å². The van der Waals surface area contributed by atoms with Crippen LogP contribution < -0.4 is 0 Å². The Kier molecular flexibility index (Phi) is 7.35. The minimum absolute atomic E-state index is 0.0211. The number of hydrogen-bond acceptors (Lipinski definition) is 5. The number of carbonyl (C=O) groups is 1. The average Bonchev–Trinajstić information content (AvgIpc) is 3.35. The van der Waals surface area contributed by atoms with Crippen molar-refractivity contribution < 1.29 is 31.1 Å². The summed E-state index contributed by atoms with van der Waals surface area (Å²) < 4.78 is 82.7. The summed E-state index contributed by atoms with van der Waals surface area (Å²) in [4.78, 5) is 21.7. The van der Waals surface area contributed by atoms with Crippen LogP contribution in [0, 0.1) is 0 Å². The lowest BCUT2D eigenvalue weighted by molar-refractivity contribution is -0.141. The fourth-order valence-corrected chi connectivity index (χ4v) is 4.51. The highest BCUT2D eigenvalue weighted by Crippen LogP contribution is 2.38. The smallest absolute Gasteiger partial charge is 0.288 e. The van der Waals surface area contributed by atoms with E-state index in [1.165, 1.54) is 55.0 Å². The minimum Gasteiger partial charge on any atom is -0.288 e. The Bertz CT molecular complexity index is 1730. The summed E-state index contributed by atoms with van der Waals surface area (Å²) in [5.74, 6) is -0.494. The highest BCUT2D eigenvalue weighted by Gasteiger charge is 2.37. The maximum Gasteiger partial charge on any atom is 0.416 e. The molecule has 0 saturated heterocycles. The van der Waals surface area contributed by atoms with E-state index in [0.29, 0.717) is 23.8 Å². The van der Waals surface area contributed by atoms with Gasteiger partial charge < -0.3 is 0 Å². The number of aromatic nitrogens is 5. The van der Waals surface area contributed by atoms with Gasteiger partial charge in [-0.2, -0.15) is 26.3 Å². The molecule has 41 heavy (non-hydrogen) atoms. The molecule has 5 aromatic rings. The van der Waals surface area contributed by atoms with Crippen LogP contribution in [0.1, 0.15) is 32.6 Å². The van der Waals surface area contributed by atoms with Gasteiger partial charge in [-0.15, -0.1) is 5.10 Å². The molecule has 5 rings (SSSR count). The summed E-state index contributed by atoms with van der Waals surface area (Å²) in [6.45, 7) is -0.718. The molecular formula is C28H16ClF6N5O. The topological polar surface area (TPSA) is 73.6 Å². The molecule has 3 aromatic heterocycles. The molecule has 0 aliphatic carbocycles. The number of ketones is 1. The number of hydrogen-bond donors (Lipinski definition) is 0. The molecule has 208 valence electrons. The highest BCUT2D eigenvalue weighted by molar-refractivity contribution is 6.35. The van der Waals surface area contributed by atoms with Gasteiger partial charge in [0.2, 0.25) is 0 Å². The van der Waals surface area contributed by atoms with Gasteiger partial charge in [0, 0.05) is 29.7 Å². The number of alkyl halides is 6. The number of benzene rings is 2. The summed E-state index contributed by atoms with van der Waals surface area (Å²) in [6.07, 6.45) is -5.59. The van der Waals surface area contributed by atoms with Gasteiger partial charge in [-0.25, -0.2) is 4.68 Å². The van der Waals surface area contributed by atoms with Crippen molar-refractivity contribution in [3.63, 3.8) is 0 Å². The SMILES string of the molecule is O=C(c1ccccc1Cl)c1cccnc1-c1nnn(Cc2cc(C(F)(F)F)ccc2C(F)(F)F)c1-c1ccncc1. The Labute approximate surface area is 233 Å². The molecule has 0 N–H and O–H groups in total. The van der Waals surface area contributed by atoms with Crippen LogP contribution in [0.2, 0.25) is 5.02 Å². The van der Waals surface area contributed by atoms with Crippen molar-refractivity contribution in [2.45, 2.75) is 18.9 Å². The zero-order chi connectivity index (χ0) is 29.4. The molecule has 0 aliphatic heterocycles. The zero-order valence-corrected chi connectivity index (χ0v) is 21.3. The van der Waals surface area contributed by atoms with E-state index in [0.717, 1.165) is 4.68 Å². The summed E-state index contributed by atoms with van der Waals surface area (Å²) in [5.41, 5.74) is -2.35. The third-order valence-corrected chi connectivity index (χ3v) is 6.47. The highest BCUT2D eigenvalue weighted by atomic mass is 35.5. The van der Waals surface area contributed by atoms with E-state index < -0.39 is 41.4 Å². The second-order valence-corrected chi connectivity index (χ2v) is 9.16. The predicted molar refractivity (Wildman–Crippen MR) is 137 cm³/mol. The third-order valence-electron chi connectivity index (χ3n) is 6.14. The maximum atomic E-state index is 13.8. The molecule has 2 aromatic carbocycles. The van der Waals surface area contributed by atoms with E-state index >= 15 is 0 Å². The molecule has 0 unspecified atom stereocenters. The number of pyridine rings is 2. The van der Waals surface area contributed by atoms with Crippen molar-refractivity contribution in [2.75, 3.05) is 0 Å². The van der Waals surface area contributed by atoms with E-state index in [1.54, 1.807) is 12.1 Å². The van der Waals surface area contributed by atoms with Crippen molar-refractivity contribution in [3.05, 3.63) is 118 Å². The first-order chi connectivity index (χ1) is 19.4. The zero-order valence-electron chi connectivity index (χ0n) is 20.6. The third kappa shape index (κ3) is 5.68. The number of carbonyl (C=O) groups excluding carboxylic acids is 1. The molecular weight excluding hydrogens is 572 g/mol. The van der Waals surface area contributed by atoms with Crippen molar-refractivity contribution >= 4 is 17.4 Å². The van der Waals surface area contributed by atoms with Crippen LogP contribution in [0.25, 0.3) is 22.6 Å². The van der Waals surface area contributed by atoms with Gasteiger partial charge in [0.1, 0.15) is 11.4 Å². The molecule has 0 atom stereocenters. The van der Waals surface area contributed by atoms with Gasteiger partial charge in [-0.05, 0) is 60.2 Å². The molecule has 0 amide bonds.